The maximum atomic E-state index is 6.51. The molecule has 0 saturated heterocycles. The Kier molecular flexibility index (Phi) is 5.71. The average Bonchev–Trinajstić information content (AvgIpc) is 3.20. The minimum absolute atomic E-state index is 0.0693. The minimum Gasteiger partial charge on any atom is -0.494 e. The number of nitrogens with zero attached hydrogens (tertiary/aromatic N) is 2. The Morgan fingerprint density at radius 1 is 1.10 bits per heavy atom. The number of rotatable bonds is 4. The monoisotopic (exact) mass is 560 g/mol. The van der Waals surface area contributed by atoms with E-state index in [0.717, 1.165) is 49.3 Å². The molecule has 0 bridgehead atoms. The van der Waals surface area contributed by atoms with Crippen LogP contribution >= 0.6 is 43.5 Å². The zero-order valence-electron chi connectivity index (χ0n) is 16.7. The summed E-state index contributed by atoms with van der Waals surface area (Å²) in [5.41, 5.74) is 4.22. The lowest BCUT2D eigenvalue weighted by molar-refractivity contribution is -0.0197. The molecule has 0 radical (unpaired) electrons. The topological polar surface area (TPSA) is 34.1 Å². The van der Waals surface area contributed by atoms with Gasteiger partial charge in [-0.25, -0.2) is 5.01 Å². The number of hydrogen-bond donors (Lipinski definition) is 0. The van der Waals surface area contributed by atoms with E-state index in [9.17, 15) is 0 Å². The fourth-order valence-corrected chi connectivity index (χ4v) is 5.52. The summed E-state index contributed by atoms with van der Waals surface area (Å²) in [6.07, 6.45) is 0.449. The molecule has 0 aromatic heterocycles. The second kappa shape index (κ2) is 8.49. The van der Waals surface area contributed by atoms with Crippen molar-refractivity contribution >= 4 is 49.2 Å². The Bertz CT molecular complexity index is 1150. The molecule has 4 nitrogen and oxygen atoms in total. The zero-order valence-corrected chi connectivity index (χ0v) is 20.6. The first-order valence-electron chi connectivity index (χ1n) is 10.0. The highest BCUT2D eigenvalue weighted by atomic mass is 79.9. The van der Waals surface area contributed by atoms with Crippen molar-refractivity contribution in [3.05, 3.63) is 91.3 Å². The van der Waals surface area contributed by atoms with E-state index in [1.54, 1.807) is 0 Å². The molecule has 2 heterocycles. The quantitative estimate of drug-likeness (QED) is 0.330. The van der Waals surface area contributed by atoms with Crippen LogP contribution in [0.3, 0.4) is 0 Å². The largest absolute Gasteiger partial charge is 0.494 e. The fourth-order valence-electron chi connectivity index (χ4n) is 4.05. The van der Waals surface area contributed by atoms with Gasteiger partial charge in [0.1, 0.15) is 11.5 Å². The molecule has 2 atom stereocenters. The number of hydrazone groups is 1. The third-order valence-electron chi connectivity index (χ3n) is 5.46. The Morgan fingerprint density at radius 3 is 2.55 bits per heavy atom. The number of ether oxygens (including phenoxy) is 2. The van der Waals surface area contributed by atoms with Crippen LogP contribution in [0.25, 0.3) is 0 Å². The van der Waals surface area contributed by atoms with Gasteiger partial charge in [0.05, 0.1) is 22.8 Å². The first-order valence-corrected chi connectivity index (χ1v) is 12.0. The van der Waals surface area contributed by atoms with Crippen molar-refractivity contribution in [2.45, 2.75) is 25.6 Å². The summed E-state index contributed by atoms with van der Waals surface area (Å²) in [7, 11) is 0. The Labute approximate surface area is 203 Å². The van der Waals surface area contributed by atoms with Crippen LogP contribution < -0.4 is 9.47 Å². The van der Waals surface area contributed by atoms with Crippen molar-refractivity contribution in [2.75, 3.05) is 6.61 Å². The van der Waals surface area contributed by atoms with E-state index in [4.69, 9.17) is 26.2 Å². The van der Waals surface area contributed by atoms with Crippen LogP contribution in [0.1, 0.15) is 42.3 Å². The first kappa shape index (κ1) is 20.9. The van der Waals surface area contributed by atoms with E-state index in [0.29, 0.717) is 11.6 Å². The SMILES string of the molecule is CCOc1ccc(C2Oc3c(Br)cc(Br)cc3C3CC(c4ccc(Cl)cc4)=NN32)cc1. The van der Waals surface area contributed by atoms with Gasteiger partial charge in [-0.1, -0.05) is 39.7 Å². The Hall–Kier alpha value is -2.02. The van der Waals surface area contributed by atoms with E-state index in [-0.39, 0.29) is 12.3 Å². The van der Waals surface area contributed by atoms with Crippen molar-refractivity contribution in [3.8, 4) is 11.5 Å². The van der Waals surface area contributed by atoms with Crippen molar-refractivity contribution in [3.63, 3.8) is 0 Å². The molecule has 0 N–H and O–H groups in total. The molecule has 2 unspecified atom stereocenters. The molecule has 158 valence electrons. The molecule has 0 amide bonds. The summed E-state index contributed by atoms with van der Waals surface area (Å²) >= 11 is 13.4. The summed E-state index contributed by atoms with van der Waals surface area (Å²) in [5.74, 6) is 1.70. The molecule has 2 aliphatic heterocycles. The number of hydrogen-bond acceptors (Lipinski definition) is 4. The van der Waals surface area contributed by atoms with Gasteiger partial charge in [0.15, 0.2) is 0 Å². The van der Waals surface area contributed by atoms with Gasteiger partial charge in [-0.15, -0.1) is 0 Å². The second-order valence-electron chi connectivity index (χ2n) is 7.43. The minimum atomic E-state index is -0.338. The molecule has 3 aromatic rings. The number of halogens is 3. The molecule has 0 saturated carbocycles. The van der Waals surface area contributed by atoms with E-state index in [1.165, 1.54) is 0 Å². The highest BCUT2D eigenvalue weighted by Crippen LogP contribution is 2.50. The molecular formula is C24H19Br2ClN2O2. The standard InChI is InChI=1S/C24H19Br2ClN2O2/c1-2-30-18-9-5-15(6-10-18)24-29-22(19-11-16(25)12-20(26)23(19)31-24)13-21(28-29)14-3-7-17(27)8-4-14/h3-12,22,24H,2,13H2,1H3. The van der Waals surface area contributed by atoms with E-state index in [1.807, 2.05) is 61.5 Å². The van der Waals surface area contributed by atoms with Gasteiger partial charge in [0, 0.05) is 27.0 Å². The van der Waals surface area contributed by atoms with Crippen molar-refractivity contribution in [1.29, 1.82) is 0 Å². The zero-order chi connectivity index (χ0) is 21.5. The molecule has 3 aromatic carbocycles. The van der Waals surface area contributed by atoms with E-state index >= 15 is 0 Å². The smallest absolute Gasteiger partial charge is 0.213 e. The lowest BCUT2D eigenvalue weighted by atomic mass is 9.96. The lowest BCUT2D eigenvalue weighted by Crippen LogP contribution is -2.33. The van der Waals surface area contributed by atoms with Gasteiger partial charge >= 0.3 is 0 Å². The molecule has 31 heavy (non-hydrogen) atoms. The molecule has 0 fully saturated rings. The average molecular weight is 563 g/mol. The normalized spacial score (nSPS) is 19.4. The van der Waals surface area contributed by atoms with Crippen molar-refractivity contribution in [2.24, 2.45) is 5.10 Å². The Morgan fingerprint density at radius 2 is 1.84 bits per heavy atom. The summed E-state index contributed by atoms with van der Waals surface area (Å²) in [5, 5.41) is 7.79. The summed E-state index contributed by atoms with van der Waals surface area (Å²) in [6, 6.07) is 20.1. The maximum absolute atomic E-state index is 6.51. The highest BCUT2D eigenvalue weighted by Gasteiger charge is 2.42. The molecule has 0 aliphatic carbocycles. The summed E-state index contributed by atoms with van der Waals surface area (Å²) < 4.78 is 14.0. The molecule has 5 rings (SSSR count). The predicted octanol–water partition coefficient (Wildman–Crippen LogP) is 7.51. The van der Waals surface area contributed by atoms with Crippen LogP contribution in [0.4, 0.5) is 0 Å². The molecule has 0 spiro atoms. The molecule has 7 heteroatoms. The van der Waals surface area contributed by atoms with Crippen LogP contribution in [0.15, 0.2) is 74.7 Å². The third kappa shape index (κ3) is 3.97. The van der Waals surface area contributed by atoms with Crippen LogP contribution in [0.5, 0.6) is 11.5 Å². The van der Waals surface area contributed by atoms with Gasteiger partial charge in [0.25, 0.3) is 0 Å². The van der Waals surface area contributed by atoms with Gasteiger partial charge in [-0.05, 0) is 76.9 Å². The van der Waals surface area contributed by atoms with Crippen LogP contribution in [0.2, 0.25) is 5.02 Å². The van der Waals surface area contributed by atoms with Crippen LogP contribution in [-0.4, -0.2) is 17.3 Å². The van der Waals surface area contributed by atoms with Gasteiger partial charge in [0.2, 0.25) is 6.23 Å². The maximum Gasteiger partial charge on any atom is 0.213 e. The van der Waals surface area contributed by atoms with Gasteiger partial charge in [-0.3, -0.25) is 0 Å². The molecular weight excluding hydrogens is 544 g/mol. The van der Waals surface area contributed by atoms with Gasteiger partial charge < -0.3 is 9.47 Å². The highest BCUT2D eigenvalue weighted by molar-refractivity contribution is 9.11. The predicted molar refractivity (Wildman–Crippen MR) is 130 cm³/mol. The van der Waals surface area contributed by atoms with E-state index < -0.39 is 0 Å². The van der Waals surface area contributed by atoms with Gasteiger partial charge in [-0.2, -0.15) is 5.10 Å². The lowest BCUT2D eigenvalue weighted by Gasteiger charge is -2.38. The van der Waals surface area contributed by atoms with E-state index in [2.05, 4.69) is 42.9 Å². The van der Waals surface area contributed by atoms with Crippen LogP contribution in [-0.2, 0) is 0 Å². The van der Waals surface area contributed by atoms with Crippen molar-refractivity contribution in [1.82, 2.24) is 5.01 Å². The Balaban J connectivity index is 1.58. The number of fused-ring (bicyclic) bond motifs is 3. The second-order valence-corrected chi connectivity index (χ2v) is 9.64. The van der Waals surface area contributed by atoms with Crippen molar-refractivity contribution < 1.29 is 9.47 Å². The first-order chi connectivity index (χ1) is 15.0. The third-order valence-corrected chi connectivity index (χ3v) is 6.76. The summed E-state index contributed by atoms with van der Waals surface area (Å²) in [6.45, 7) is 2.62. The summed E-state index contributed by atoms with van der Waals surface area (Å²) in [4.78, 5) is 0. The molecule has 2 aliphatic rings. The number of benzene rings is 3. The fraction of sp³-hybridized carbons (Fsp3) is 0.208. The van der Waals surface area contributed by atoms with Crippen LogP contribution in [0, 0.1) is 0 Å².